The molecule has 1 aliphatic heterocycles. The minimum absolute atomic E-state index is 0.287. The lowest BCUT2D eigenvalue weighted by molar-refractivity contribution is 0.147. The molecular weight excluding hydrogens is 272 g/mol. The third kappa shape index (κ3) is 3.97. The minimum atomic E-state index is 0.287. The van der Waals surface area contributed by atoms with Gasteiger partial charge in [0.1, 0.15) is 0 Å². The molecule has 1 unspecified atom stereocenters. The van der Waals surface area contributed by atoms with Crippen LogP contribution in [0.1, 0.15) is 19.3 Å². The Balaban J connectivity index is 1.44. The predicted octanol–water partition coefficient (Wildman–Crippen LogP) is 2.28. The lowest BCUT2D eigenvalue weighted by Gasteiger charge is -2.31. The fourth-order valence-electron chi connectivity index (χ4n) is 3.72. The van der Waals surface area contributed by atoms with E-state index in [-0.39, 0.29) is 6.61 Å². The molecule has 0 bridgehead atoms. The number of aliphatic hydroxyl groups is 1. The monoisotopic (exact) mass is 300 g/mol. The van der Waals surface area contributed by atoms with Crippen molar-refractivity contribution in [2.75, 3.05) is 39.3 Å². The maximum Gasteiger partial charge on any atom is 0.0558 e. The fourth-order valence-corrected chi connectivity index (χ4v) is 3.72. The summed E-state index contributed by atoms with van der Waals surface area (Å²) in [6, 6.07) is 0. The highest BCUT2D eigenvalue weighted by atomic mass is 16.3. The summed E-state index contributed by atoms with van der Waals surface area (Å²) in [7, 11) is 0. The standard InChI is InChI=1S/C19H28N2O/c22-13-12-21-10-8-16(9-11-21)14-20-15-18-6-3-5-17-4-1-2-7-19(17)18/h1-4,6-7,16-17,20,22H,5,8-15H2. The summed E-state index contributed by atoms with van der Waals surface area (Å²) in [6.45, 7) is 5.49. The van der Waals surface area contributed by atoms with Crippen molar-refractivity contribution in [3.05, 3.63) is 47.6 Å². The van der Waals surface area contributed by atoms with E-state index >= 15 is 0 Å². The van der Waals surface area contributed by atoms with Gasteiger partial charge >= 0.3 is 0 Å². The average Bonchev–Trinajstić information content (AvgIpc) is 2.57. The van der Waals surface area contributed by atoms with Gasteiger partial charge in [-0.1, -0.05) is 36.5 Å². The second-order valence-corrected chi connectivity index (χ2v) is 6.61. The van der Waals surface area contributed by atoms with Crippen molar-refractivity contribution in [1.29, 1.82) is 0 Å². The van der Waals surface area contributed by atoms with Crippen molar-refractivity contribution >= 4 is 0 Å². The van der Waals surface area contributed by atoms with Crippen molar-refractivity contribution in [3.8, 4) is 0 Å². The third-order valence-electron chi connectivity index (χ3n) is 5.08. The number of hydrogen-bond acceptors (Lipinski definition) is 3. The topological polar surface area (TPSA) is 35.5 Å². The van der Waals surface area contributed by atoms with E-state index in [4.69, 9.17) is 5.11 Å². The fraction of sp³-hybridized carbons (Fsp3) is 0.579. The lowest BCUT2D eigenvalue weighted by Crippen LogP contribution is -2.38. The molecule has 0 radical (unpaired) electrons. The van der Waals surface area contributed by atoms with Crippen LogP contribution in [0.3, 0.4) is 0 Å². The first-order valence-electron chi connectivity index (χ1n) is 8.65. The van der Waals surface area contributed by atoms with Gasteiger partial charge in [0.15, 0.2) is 0 Å². The van der Waals surface area contributed by atoms with Crippen molar-refractivity contribution in [3.63, 3.8) is 0 Å². The normalized spacial score (nSPS) is 25.8. The maximum atomic E-state index is 8.99. The molecule has 0 amide bonds. The van der Waals surface area contributed by atoms with Gasteiger partial charge in [-0.3, -0.25) is 0 Å². The van der Waals surface area contributed by atoms with Gasteiger partial charge in [0.05, 0.1) is 6.61 Å². The zero-order valence-corrected chi connectivity index (χ0v) is 13.4. The summed E-state index contributed by atoms with van der Waals surface area (Å²) < 4.78 is 0. The van der Waals surface area contributed by atoms with Gasteiger partial charge in [0, 0.05) is 19.0 Å². The van der Waals surface area contributed by atoms with E-state index in [1.54, 1.807) is 0 Å². The van der Waals surface area contributed by atoms with Crippen LogP contribution in [0.4, 0.5) is 0 Å². The van der Waals surface area contributed by atoms with E-state index in [1.807, 2.05) is 0 Å². The second-order valence-electron chi connectivity index (χ2n) is 6.61. The maximum absolute atomic E-state index is 8.99. The Morgan fingerprint density at radius 1 is 1.18 bits per heavy atom. The summed E-state index contributed by atoms with van der Waals surface area (Å²) in [5, 5.41) is 12.7. The van der Waals surface area contributed by atoms with Crippen molar-refractivity contribution in [1.82, 2.24) is 10.2 Å². The summed E-state index contributed by atoms with van der Waals surface area (Å²) in [5.41, 5.74) is 2.95. The van der Waals surface area contributed by atoms with E-state index in [0.29, 0.717) is 5.92 Å². The van der Waals surface area contributed by atoms with Crippen molar-refractivity contribution < 1.29 is 5.11 Å². The number of allylic oxidation sites excluding steroid dienone is 6. The highest BCUT2D eigenvalue weighted by Crippen LogP contribution is 2.29. The summed E-state index contributed by atoms with van der Waals surface area (Å²) in [4.78, 5) is 2.37. The molecule has 3 rings (SSSR count). The molecule has 0 aromatic heterocycles. The molecule has 1 heterocycles. The molecule has 3 aliphatic rings. The highest BCUT2D eigenvalue weighted by molar-refractivity contribution is 5.44. The number of piperidine rings is 1. The molecule has 0 aromatic carbocycles. The number of hydrogen-bond donors (Lipinski definition) is 2. The van der Waals surface area contributed by atoms with E-state index in [9.17, 15) is 0 Å². The number of rotatable bonds is 6. The first kappa shape index (κ1) is 15.7. The Morgan fingerprint density at radius 3 is 2.86 bits per heavy atom. The third-order valence-corrected chi connectivity index (χ3v) is 5.08. The van der Waals surface area contributed by atoms with Crippen molar-refractivity contribution in [2.24, 2.45) is 11.8 Å². The SMILES string of the molecule is OCCN1CCC(CNCC2=C3C=CC=CC3CC=C2)CC1. The minimum Gasteiger partial charge on any atom is -0.395 e. The second kappa shape index (κ2) is 7.91. The van der Waals surface area contributed by atoms with Gasteiger partial charge in [0.2, 0.25) is 0 Å². The molecule has 2 N–H and O–H groups in total. The molecule has 0 aromatic rings. The molecule has 3 nitrogen and oxygen atoms in total. The lowest BCUT2D eigenvalue weighted by atomic mass is 9.84. The molecule has 3 heteroatoms. The number of fused-ring (bicyclic) bond motifs is 1. The average molecular weight is 300 g/mol. The van der Waals surface area contributed by atoms with Gasteiger partial charge < -0.3 is 15.3 Å². The van der Waals surface area contributed by atoms with Crippen LogP contribution in [0.2, 0.25) is 0 Å². The number of aliphatic hydroxyl groups excluding tert-OH is 1. The highest BCUT2D eigenvalue weighted by Gasteiger charge is 2.20. The molecular formula is C19H28N2O. The van der Waals surface area contributed by atoms with E-state index in [0.717, 1.165) is 45.1 Å². The van der Waals surface area contributed by atoms with E-state index in [2.05, 4.69) is 46.7 Å². The molecule has 1 saturated heterocycles. The van der Waals surface area contributed by atoms with Gasteiger partial charge in [-0.25, -0.2) is 0 Å². The quantitative estimate of drug-likeness (QED) is 0.790. The van der Waals surface area contributed by atoms with Crippen LogP contribution in [0, 0.1) is 11.8 Å². The van der Waals surface area contributed by atoms with Crippen LogP contribution >= 0.6 is 0 Å². The molecule has 2 aliphatic carbocycles. The largest absolute Gasteiger partial charge is 0.395 e. The Hall–Kier alpha value is -1.16. The zero-order chi connectivity index (χ0) is 15.2. The summed E-state index contributed by atoms with van der Waals surface area (Å²) in [6.07, 6.45) is 17.2. The van der Waals surface area contributed by atoms with Gasteiger partial charge in [-0.15, -0.1) is 0 Å². The summed E-state index contributed by atoms with van der Waals surface area (Å²) in [5.74, 6) is 1.37. The molecule has 1 atom stereocenters. The van der Waals surface area contributed by atoms with Gasteiger partial charge in [-0.2, -0.15) is 0 Å². The molecule has 0 saturated carbocycles. The number of β-amino-alcohol motifs (C(OH)–C–C–N with tert-alkyl or cyclic N) is 1. The van der Waals surface area contributed by atoms with Gasteiger partial charge in [0.25, 0.3) is 0 Å². The van der Waals surface area contributed by atoms with Crippen LogP contribution in [0.25, 0.3) is 0 Å². The smallest absolute Gasteiger partial charge is 0.0558 e. The number of nitrogens with one attached hydrogen (secondary N) is 1. The summed E-state index contributed by atoms with van der Waals surface area (Å²) >= 11 is 0. The van der Waals surface area contributed by atoms with Crippen LogP contribution in [-0.2, 0) is 0 Å². The first-order valence-corrected chi connectivity index (χ1v) is 8.65. The van der Waals surface area contributed by atoms with Gasteiger partial charge in [-0.05, 0) is 56.0 Å². The Bertz CT molecular complexity index is 482. The predicted molar refractivity (Wildman–Crippen MR) is 91.7 cm³/mol. The van der Waals surface area contributed by atoms with E-state index in [1.165, 1.54) is 24.0 Å². The molecule has 22 heavy (non-hydrogen) atoms. The first-order chi connectivity index (χ1) is 10.9. The molecule has 120 valence electrons. The number of likely N-dealkylation sites (tertiary alicyclic amines) is 1. The van der Waals surface area contributed by atoms with Crippen LogP contribution in [0.5, 0.6) is 0 Å². The Kier molecular flexibility index (Phi) is 5.65. The van der Waals surface area contributed by atoms with Crippen LogP contribution in [-0.4, -0.2) is 49.3 Å². The number of nitrogens with zero attached hydrogens (tertiary/aromatic N) is 1. The van der Waals surface area contributed by atoms with Crippen LogP contribution < -0.4 is 5.32 Å². The Morgan fingerprint density at radius 2 is 2.05 bits per heavy atom. The Labute approximate surface area is 134 Å². The zero-order valence-electron chi connectivity index (χ0n) is 13.4. The molecule has 0 spiro atoms. The van der Waals surface area contributed by atoms with Crippen molar-refractivity contribution in [2.45, 2.75) is 19.3 Å². The van der Waals surface area contributed by atoms with Crippen LogP contribution in [0.15, 0.2) is 47.6 Å². The van der Waals surface area contributed by atoms with E-state index < -0.39 is 0 Å². The molecule has 1 fully saturated rings.